The van der Waals surface area contributed by atoms with E-state index >= 15 is 0 Å². The number of halogens is 1. The SMILES string of the molecule is CCNC(=NCC1CCCN1C)N1CCN(Cc2ccon2)CC1.I. The van der Waals surface area contributed by atoms with Crippen molar-refractivity contribution >= 4 is 29.9 Å². The Labute approximate surface area is 167 Å². The van der Waals surface area contributed by atoms with Gasteiger partial charge in [-0.15, -0.1) is 24.0 Å². The van der Waals surface area contributed by atoms with Crippen LogP contribution in [-0.2, 0) is 6.54 Å². The van der Waals surface area contributed by atoms with Crippen molar-refractivity contribution in [3.05, 3.63) is 18.0 Å². The average molecular weight is 462 g/mol. The van der Waals surface area contributed by atoms with E-state index in [0.717, 1.165) is 57.5 Å². The Bertz CT molecular complexity index is 515. The molecule has 3 heterocycles. The molecule has 2 saturated heterocycles. The minimum absolute atomic E-state index is 0. The minimum atomic E-state index is 0. The number of nitrogens with zero attached hydrogens (tertiary/aromatic N) is 5. The Morgan fingerprint density at radius 3 is 2.72 bits per heavy atom. The number of likely N-dealkylation sites (N-methyl/N-ethyl adjacent to an activating group) is 1. The van der Waals surface area contributed by atoms with Gasteiger partial charge in [0.1, 0.15) is 6.26 Å². The van der Waals surface area contributed by atoms with Gasteiger partial charge < -0.3 is 19.6 Å². The number of hydrogen-bond donors (Lipinski definition) is 1. The van der Waals surface area contributed by atoms with Crippen LogP contribution in [-0.4, -0.2) is 84.7 Å². The Hall–Kier alpha value is -0.870. The van der Waals surface area contributed by atoms with Crippen LogP contribution < -0.4 is 5.32 Å². The maximum Gasteiger partial charge on any atom is 0.194 e. The molecule has 0 saturated carbocycles. The molecule has 2 aliphatic heterocycles. The quantitative estimate of drug-likeness (QED) is 0.407. The summed E-state index contributed by atoms with van der Waals surface area (Å²) in [4.78, 5) is 12.2. The second-order valence-electron chi connectivity index (χ2n) is 6.73. The van der Waals surface area contributed by atoms with Crippen LogP contribution >= 0.6 is 24.0 Å². The number of piperazine rings is 1. The molecule has 8 heteroatoms. The van der Waals surface area contributed by atoms with E-state index < -0.39 is 0 Å². The summed E-state index contributed by atoms with van der Waals surface area (Å²) in [6, 6.07) is 2.54. The van der Waals surface area contributed by atoms with Crippen LogP contribution in [0, 0.1) is 0 Å². The monoisotopic (exact) mass is 462 g/mol. The highest BCUT2D eigenvalue weighted by Gasteiger charge is 2.23. The van der Waals surface area contributed by atoms with Gasteiger partial charge in [-0.25, -0.2) is 0 Å². The molecule has 0 aromatic carbocycles. The fraction of sp³-hybridized carbons (Fsp3) is 0.765. The molecule has 1 aromatic rings. The topological polar surface area (TPSA) is 60.1 Å². The fourth-order valence-corrected chi connectivity index (χ4v) is 3.49. The zero-order valence-corrected chi connectivity index (χ0v) is 17.7. The summed E-state index contributed by atoms with van der Waals surface area (Å²) in [5.41, 5.74) is 1.01. The van der Waals surface area contributed by atoms with Crippen LogP contribution in [0.4, 0.5) is 0 Å². The molecule has 2 fully saturated rings. The summed E-state index contributed by atoms with van der Waals surface area (Å²) in [7, 11) is 2.21. The third kappa shape index (κ3) is 5.82. The van der Waals surface area contributed by atoms with Crippen molar-refractivity contribution in [1.82, 2.24) is 25.2 Å². The molecule has 7 nitrogen and oxygen atoms in total. The van der Waals surface area contributed by atoms with Crippen molar-refractivity contribution in [2.75, 3.05) is 52.9 Å². The van der Waals surface area contributed by atoms with Crippen molar-refractivity contribution in [2.24, 2.45) is 4.99 Å². The molecule has 0 aliphatic carbocycles. The van der Waals surface area contributed by atoms with Crippen molar-refractivity contribution in [3.63, 3.8) is 0 Å². The highest BCUT2D eigenvalue weighted by atomic mass is 127. The molecule has 25 heavy (non-hydrogen) atoms. The van der Waals surface area contributed by atoms with Gasteiger partial charge in [0.15, 0.2) is 5.96 Å². The van der Waals surface area contributed by atoms with Gasteiger partial charge in [-0.05, 0) is 33.4 Å². The van der Waals surface area contributed by atoms with Gasteiger partial charge in [-0.1, -0.05) is 5.16 Å². The van der Waals surface area contributed by atoms with Crippen molar-refractivity contribution in [2.45, 2.75) is 32.4 Å². The number of hydrogen-bond acceptors (Lipinski definition) is 5. The van der Waals surface area contributed by atoms with Gasteiger partial charge in [0.05, 0.1) is 12.2 Å². The van der Waals surface area contributed by atoms with Gasteiger partial charge in [-0.3, -0.25) is 9.89 Å². The van der Waals surface area contributed by atoms with Gasteiger partial charge >= 0.3 is 0 Å². The van der Waals surface area contributed by atoms with Crippen LogP contribution in [0.15, 0.2) is 21.8 Å². The summed E-state index contributed by atoms with van der Waals surface area (Å²) in [5.74, 6) is 1.07. The number of likely N-dealkylation sites (tertiary alicyclic amines) is 1. The molecule has 142 valence electrons. The first-order chi connectivity index (χ1) is 11.8. The highest BCUT2D eigenvalue weighted by Crippen LogP contribution is 2.15. The van der Waals surface area contributed by atoms with Crippen LogP contribution in [0.5, 0.6) is 0 Å². The maximum absolute atomic E-state index is 4.92. The van der Waals surface area contributed by atoms with E-state index in [1.165, 1.54) is 19.4 Å². The predicted octanol–water partition coefficient (Wildman–Crippen LogP) is 1.47. The first-order valence-corrected chi connectivity index (χ1v) is 9.11. The molecule has 1 unspecified atom stereocenters. The largest absolute Gasteiger partial charge is 0.364 e. The van der Waals surface area contributed by atoms with E-state index in [9.17, 15) is 0 Å². The zero-order chi connectivity index (χ0) is 16.8. The molecule has 1 aromatic heterocycles. The van der Waals surface area contributed by atoms with Gasteiger partial charge in [0.25, 0.3) is 0 Å². The number of guanidine groups is 1. The lowest BCUT2D eigenvalue weighted by atomic mass is 10.2. The van der Waals surface area contributed by atoms with Crippen molar-refractivity contribution in [1.29, 1.82) is 0 Å². The van der Waals surface area contributed by atoms with E-state index in [0.29, 0.717) is 6.04 Å². The lowest BCUT2D eigenvalue weighted by Gasteiger charge is -2.36. The minimum Gasteiger partial charge on any atom is -0.364 e. The molecule has 1 atom stereocenters. The molecule has 0 spiro atoms. The van der Waals surface area contributed by atoms with Crippen LogP contribution in [0.25, 0.3) is 0 Å². The number of aliphatic imine (C=N–C) groups is 1. The Kier molecular flexibility index (Phi) is 8.44. The Balaban J connectivity index is 0.00000225. The van der Waals surface area contributed by atoms with E-state index in [1.54, 1.807) is 6.26 Å². The first kappa shape index (κ1) is 20.4. The molecule has 0 amide bonds. The fourth-order valence-electron chi connectivity index (χ4n) is 3.49. The van der Waals surface area contributed by atoms with Crippen LogP contribution in [0.3, 0.4) is 0 Å². The number of rotatable bonds is 5. The second-order valence-corrected chi connectivity index (χ2v) is 6.73. The first-order valence-electron chi connectivity index (χ1n) is 9.11. The third-order valence-corrected chi connectivity index (χ3v) is 5.01. The van der Waals surface area contributed by atoms with Crippen molar-refractivity contribution < 1.29 is 4.52 Å². The predicted molar refractivity (Wildman–Crippen MR) is 110 cm³/mol. The lowest BCUT2D eigenvalue weighted by Crippen LogP contribution is -2.52. The van der Waals surface area contributed by atoms with Crippen LogP contribution in [0.2, 0.25) is 0 Å². The second kappa shape index (κ2) is 10.3. The Morgan fingerprint density at radius 1 is 1.32 bits per heavy atom. The van der Waals surface area contributed by atoms with Gasteiger partial charge in [-0.2, -0.15) is 0 Å². The summed E-state index contributed by atoms with van der Waals surface area (Å²) in [5, 5.41) is 7.47. The number of nitrogens with one attached hydrogen (secondary N) is 1. The molecule has 0 bridgehead atoms. The summed E-state index contributed by atoms with van der Waals surface area (Å²) >= 11 is 0. The molecular formula is C17H31IN6O. The smallest absolute Gasteiger partial charge is 0.194 e. The normalized spacial score (nSPS) is 22.9. The molecule has 1 N–H and O–H groups in total. The summed E-state index contributed by atoms with van der Waals surface area (Å²) in [6.07, 6.45) is 4.21. The van der Waals surface area contributed by atoms with E-state index in [-0.39, 0.29) is 24.0 Å². The molecule has 0 radical (unpaired) electrons. The Morgan fingerprint density at radius 2 is 2.12 bits per heavy atom. The lowest BCUT2D eigenvalue weighted by molar-refractivity contribution is 0.168. The van der Waals surface area contributed by atoms with Crippen molar-refractivity contribution in [3.8, 4) is 0 Å². The maximum atomic E-state index is 4.92. The van der Waals surface area contributed by atoms with E-state index in [4.69, 9.17) is 9.52 Å². The molecular weight excluding hydrogens is 431 g/mol. The standard InChI is InChI=1S/C17H30N6O.HI/c1-3-18-17(19-13-16-5-4-7-21(16)2)23-10-8-22(9-11-23)14-15-6-12-24-20-15;/h6,12,16H,3-5,7-11,13-14H2,1-2H3,(H,18,19);1H. The van der Waals surface area contributed by atoms with Gasteiger partial charge in [0.2, 0.25) is 0 Å². The third-order valence-electron chi connectivity index (χ3n) is 5.01. The van der Waals surface area contributed by atoms with E-state index in [1.807, 2.05) is 6.07 Å². The molecule has 2 aliphatic rings. The highest BCUT2D eigenvalue weighted by molar-refractivity contribution is 14.0. The van der Waals surface area contributed by atoms with Gasteiger partial charge in [0, 0.05) is 51.4 Å². The van der Waals surface area contributed by atoms with E-state index in [2.05, 4.69) is 39.1 Å². The summed E-state index contributed by atoms with van der Waals surface area (Å²) < 4.78 is 4.92. The molecule has 3 rings (SSSR count). The number of aromatic nitrogens is 1. The summed E-state index contributed by atoms with van der Waals surface area (Å²) in [6.45, 7) is 10.1. The average Bonchev–Trinajstić information content (AvgIpc) is 3.24. The zero-order valence-electron chi connectivity index (χ0n) is 15.4. The van der Waals surface area contributed by atoms with Crippen LogP contribution in [0.1, 0.15) is 25.5 Å².